The number of amides is 2. The molecule has 0 saturated heterocycles. The maximum Gasteiger partial charge on any atom is 0.339 e. The van der Waals surface area contributed by atoms with Crippen molar-refractivity contribution in [2.75, 3.05) is 23.9 Å². The van der Waals surface area contributed by atoms with Gasteiger partial charge in [-0.25, -0.2) is 4.79 Å². The summed E-state index contributed by atoms with van der Waals surface area (Å²) in [6, 6.07) is 16.9. The number of anilines is 2. The summed E-state index contributed by atoms with van der Waals surface area (Å²) in [5, 5.41) is 6.07. The van der Waals surface area contributed by atoms with Crippen molar-refractivity contribution in [3.63, 3.8) is 0 Å². The summed E-state index contributed by atoms with van der Waals surface area (Å²) in [5.41, 5.74) is 1.54. The van der Waals surface area contributed by atoms with E-state index in [1.165, 1.54) is 23.1 Å². The number of para-hydroxylation sites is 1. The van der Waals surface area contributed by atoms with Crippen molar-refractivity contribution >= 4 is 29.4 Å². The molecule has 0 spiro atoms. The zero-order valence-electron chi connectivity index (χ0n) is 15.9. The molecule has 29 heavy (non-hydrogen) atoms. The SMILES string of the molecule is Cc1cc(NC(=O)COC(=O)c2ccccc2C(=O)N(C)c2ccccc2)on1. The lowest BCUT2D eigenvalue weighted by Gasteiger charge is -2.18. The lowest BCUT2D eigenvalue weighted by molar-refractivity contribution is -0.119. The first-order valence-electron chi connectivity index (χ1n) is 8.78. The van der Waals surface area contributed by atoms with E-state index in [1.54, 1.807) is 38.2 Å². The summed E-state index contributed by atoms with van der Waals surface area (Å²) in [6.45, 7) is 1.18. The standard InChI is InChI=1S/C21H19N3O5/c1-14-12-19(29-23-14)22-18(25)13-28-21(27)17-11-7-6-10-16(17)20(26)24(2)15-8-4-3-5-9-15/h3-12H,13H2,1-2H3,(H,22,25). The van der Waals surface area contributed by atoms with Crippen LogP contribution in [0.4, 0.5) is 11.6 Å². The van der Waals surface area contributed by atoms with E-state index < -0.39 is 18.5 Å². The highest BCUT2D eigenvalue weighted by atomic mass is 16.5. The predicted octanol–water partition coefficient (Wildman–Crippen LogP) is 3.06. The van der Waals surface area contributed by atoms with Crippen LogP contribution in [0.25, 0.3) is 0 Å². The van der Waals surface area contributed by atoms with Gasteiger partial charge in [-0.3, -0.25) is 14.9 Å². The molecule has 1 heterocycles. The maximum absolute atomic E-state index is 12.9. The normalized spacial score (nSPS) is 10.3. The lowest BCUT2D eigenvalue weighted by atomic mass is 10.1. The third kappa shape index (κ3) is 4.86. The van der Waals surface area contributed by atoms with E-state index >= 15 is 0 Å². The van der Waals surface area contributed by atoms with Gasteiger partial charge in [-0.05, 0) is 31.2 Å². The molecular weight excluding hydrogens is 374 g/mol. The van der Waals surface area contributed by atoms with Crippen LogP contribution in [0.1, 0.15) is 26.4 Å². The van der Waals surface area contributed by atoms with Gasteiger partial charge in [-0.1, -0.05) is 35.5 Å². The van der Waals surface area contributed by atoms with Gasteiger partial charge >= 0.3 is 5.97 Å². The van der Waals surface area contributed by atoms with Gasteiger partial charge in [0, 0.05) is 18.8 Å². The molecule has 0 fully saturated rings. The van der Waals surface area contributed by atoms with Crippen molar-refractivity contribution in [2.24, 2.45) is 0 Å². The van der Waals surface area contributed by atoms with Crippen molar-refractivity contribution < 1.29 is 23.6 Å². The minimum absolute atomic E-state index is 0.0728. The molecule has 3 aromatic rings. The van der Waals surface area contributed by atoms with Crippen molar-refractivity contribution in [2.45, 2.75) is 6.92 Å². The second kappa shape index (κ2) is 8.83. The Hall–Kier alpha value is -3.94. The highest BCUT2D eigenvalue weighted by Gasteiger charge is 2.22. The monoisotopic (exact) mass is 393 g/mol. The number of esters is 1. The van der Waals surface area contributed by atoms with Crippen molar-refractivity contribution in [3.05, 3.63) is 77.5 Å². The molecule has 0 aliphatic rings. The average molecular weight is 393 g/mol. The zero-order chi connectivity index (χ0) is 20.8. The number of nitrogens with zero attached hydrogens (tertiary/aromatic N) is 2. The van der Waals surface area contributed by atoms with Crippen LogP contribution in [0.2, 0.25) is 0 Å². The first-order valence-corrected chi connectivity index (χ1v) is 8.78. The molecule has 0 unspecified atom stereocenters. The van der Waals surface area contributed by atoms with Gasteiger partial charge in [-0.2, -0.15) is 0 Å². The zero-order valence-corrected chi connectivity index (χ0v) is 15.9. The first kappa shape index (κ1) is 19.8. The van der Waals surface area contributed by atoms with Crippen molar-refractivity contribution in [3.8, 4) is 0 Å². The van der Waals surface area contributed by atoms with Crippen LogP contribution in [0, 0.1) is 6.92 Å². The fourth-order valence-electron chi connectivity index (χ4n) is 2.60. The minimum atomic E-state index is -0.778. The Labute approximate surface area is 167 Å². The summed E-state index contributed by atoms with van der Waals surface area (Å²) < 4.78 is 9.93. The summed E-state index contributed by atoms with van der Waals surface area (Å²) in [7, 11) is 1.62. The van der Waals surface area contributed by atoms with E-state index in [-0.39, 0.29) is 22.9 Å². The molecule has 1 aromatic heterocycles. The first-order chi connectivity index (χ1) is 14.0. The highest BCUT2D eigenvalue weighted by molar-refractivity contribution is 6.12. The Morgan fingerprint density at radius 2 is 1.69 bits per heavy atom. The molecule has 2 amide bonds. The Morgan fingerprint density at radius 1 is 1.03 bits per heavy atom. The fourth-order valence-corrected chi connectivity index (χ4v) is 2.60. The molecule has 8 nitrogen and oxygen atoms in total. The lowest BCUT2D eigenvalue weighted by Crippen LogP contribution is -2.28. The largest absolute Gasteiger partial charge is 0.452 e. The molecule has 2 aromatic carbocycles. The molecule has 1 N–H and O–H groups in total. The second-order valence-electron chi connectivity index (χ2n) is 6.20. The Morgan fingerprint density at radius 3 is 2.34 bits per heavy atom. The molecule has 0 radical (unpaired) electrons. The van der Waals surface area contributed by atoms with Crippen LogP contribution in [-0.2, 0) is 9.53 Å². The Bertz CT molecular complexity index is 1030. The molecule has 0 aliphatic heterocycles. The van der Waals surface area contributed by atoms with Gasteiger partial charge in [0.15, 0.2) is 6.61 Å². The number of carbonyl (C=O) groups is 3. The molecule has 0 saturated carbocycles. The number of carbonyl (C=O) groups excluding carboxylic acids is 3. The summed E-state index contributed by atoms with van der Waals surface area (Å²) in [5.74, 6) is -1.58. The van der Waals surface area contributed by atoms with Crippen LogP contribution in [0.5, 0.6) is 0 Å². The number of hydrogen-bond donors (Lipinski definition) is 1. The maximum atomic E-state index is 12.9. The van der Waals surface area contributed by atoms with E-state index in [1.807, 2.05) is 18.2 Å². The topological polar surface area (TPSA) is 102 Å². The van der Waals surface area contributed by atoms with Gasteiger partial charge in [0.2, 0.25) is 5.88 Å². The van der Waals surface area contributed by atoms with Gasteiger partial charge in [0.25, 0.3) is 11.8 Å². The van der Waals surface area contributed by atoms with Gasteiger partial charge in [-0.15, -0.1) is 0 Å². The average Bonchev–Trinajstić information content (AvgIpc) is 3.16. The number of aromatic nitrogens is 1. The quantitative estimate of drug-likeness (QED) is 0.646. The number of ether oxygens (including phenoxy) is 1. The molecular formula is C21H19N3O5. The number of benzene rings is 2. The second-order valence-corrected chi connectivity index (χ2v) is 6.20. The van der Waals surface area contributed by atoms with E-state index in [9.17, 15) is 14.4 Å². The number of aryl methyl sites for hydroxylation is 1. The Balaban J connectivity index is 1.68. The van der Waals surface area contributed by atoms with Crippen molar-refractivity contribution in [1.82, 2.24) is 5.16 Å². The number of hydrogen-bond acceptors (Lipinski definition) is 6. The molecule has 0 bridgehead atoms. The smallest absolute Gasteiger partial charge is 0.339 e. The van der Waals surface area contributed by atoms with Crippen LogP contribution in [-0.4, -0.2) is 36.6 Å². The third-order valence-electron chi connectivity index (χ3n) is 4.05. The summed E-state index contributed by atoms with van der Waals surface area (Å²) >= 11 is 0. The summed E-state index contributed by atoms with van der Waals surface area (Å²) in [4.78, 5) is 38.7. The van der Waals surface area contributed by atoms with Gasteiger partial charge < -0.3 is 14.2 Å². The molecule has 0 atom stereocenters. The Kier molecular flexibility index (Phi) is 6.03. The van der Waals surface area contributed by atoms with E-state index in [0.29, 0.717) is 11.4 Å². The predicted molar refractivity (Wildman–Crippen MR) is 106 cm³/mol. The van der Waals surface area contributed by atoms with Gasteiger partial charge in [0.1, 0.15) is 0 Å². The van der Waals surface area contributed by atoms with Gasteiger partial charge in [0.05, 0.1) is 16.8 Å². The highest BCUT2D eigenvalue weighted by Crippen LogP contribution is 2.18. The van der Waals surface area contributed by atoms with Crippen LogP contribution < -0.4 is 10.2 Å². The van der Waals surface area contributed by atoms with Crippen LogP contribution in [0.15, 0.2) is 65.2 Å². The van der Waals surface area contributed by atoms with E-state index in [4.69, 9.17) is 9.26 Å². The van der Waals surface area contributed by atoms with Crippen LogP contribution >= 0.6 is 0 Å². The van der Waals surface area contributed by atoms with E-state index in [0.717, 1.165) is 0 Å². The third-order valence-corrected chi connectivity index (χ3v) is 4.05. The molecule has 3 rings (SSSR count). The molecule has 148 valence electrons. The fraction of sp³-hybridized carbons (Fsp3) is 0.143. The number of rotatable bonds is 6. The van der Waals surface area contributed by atoms with Crippen molar-refractivity contribution in [1.29, 1.82) is 0 Å². The molecule has 0 aliphatic carbocycles. The minimum Gasteiger partial charge on any atom is -0.452 e. The summed E-state index contributed by atoms with van der Waals surface area (Å²) in [6.07, 6.45) is 0. The van der Waals surface area contributed by atoms with E-state index in [2.05, 4.69) is 10.5 Å². The van der Waals surface area contributed by atoms with Crippen LogP contribution in [0.3, 0.4) is 0 Å². The number of nitrogens with one attached hydrogen (secondary N) is 1. The molecule has 8 heteroatoms.